The SMILES string of the molecule is Cc1cccc(CNC(=O)c2cccc(O)c2)n1. The number of phenolic OH excluding ortho intramolecular Hbond substituents is 1. The molecule has 0 aliphatic rings. The van der Waals surface area contributed by atoms with Gasteiger partial charge >= 0.3 is 0 Å². The molecule has 0 aliphatic carbocycles. The molecule has 1 aromatic heterocycles. The molecular formula is C14H14N2O2. The molecule has 0 radical (unpaired) electrons. The predicted molar refractivity (Wildman–Crippen MR) is 68.3 cm³/mol. The van der Waals surface area contributed by atoms with Crippen molar-refractivity contribution in [3.63, 3.8) is 0 Å². The lowest BCUT2D eigenvalue weighted by atomic mass is 10.2. The molecule has 0 saturated heterocycles. The van der Waals surface area contributed by atoms with Crippen LogP contribution < -0.4 is 5.32 Å². The van der Waals surface area contributed by atoms with Crippen LogP contribution in [-0.2, 0) is 6.54 Å². The number of aromatic hydroxyl groups is 1. The number of pyridine rings is 1. The Balaban J connectivity index is 2.00. The molecule has 0 aliphatic heterocycles. The molecule has 4 heteroatoms. The van der Waals surface area contributed by atoms with Crippen molar-refractivity contribution < 1.29 is 9.90 Å². The van der Waals surface area contributed by atoms with E-state index in [4.69, 9.17) is 0 Å². The summed E-state index contributed by atoms with van der Waals surface area (Å²) in [5.41, 5.74) is 2.16. The molecule has 0 fully saturated rings. The number of hydrogen-bond acceptors (Lipinski definition) is 3. The molecule has 2 aromatic rings. The van der Waals surface area contributed by atoms with Gasteiger partial charge < -0.3 is 10.4 Å². The van der Waals surface area contributed by atoms with Gasteiger partial charge in [0.05, 0.1) is 12.2 Å². The van der Waals surface area contributed by atoms with Crippen LogP contribution in [0.15, 0.2) is 42.5 Å². The number of nitrogens with one attached hydrogen (secondary N) is 1. The fourth-order valence-electron chi connectivity index (χ4n) is 1.62. The number of rotatable bonds is 3. The Morgan fingerprint density at radius 3 is 2.78 bits per heavy atom. The van der Waals surface area contributed by atoms with Gasteiger partial charge in [0, 0.05) is 11.3 Å². The number of aromatic nitrogens is 1. The van der Waals surface area contributed by atoms with Crippen molar-refractivity contribution in [3.05, 3.63) is 59.4 Å². The van der Waals surface area contributed by atoms with Crippen molar-refractivity contribution >= 4 is 5.91 Å². The zero-order chi connectivity index (χ0) is 13.0. The summed E-state index contributed by atoms with van der Waals surface area (Å²) in [4.78, 5) is 16.1. The third-order valence-electron chi connectivity index (χ3n) is 2.48. The Hall–Kier alpha value is -2.36. The summed E-state index contributed by atoms with van der Waals surface area (Å²) in [6, 6.07) is 11.9. The number of carbonyl (C=O) groups excluding carboxylic acids is 1. The number of hydrogen-bond donors (Lipinski definition) is 2. The van der Waals surface area contributed by atoms with Crippen LogP contribution in [0.4, 0.5) is 0 Å². The first kappa shape index (κ1) is 12.1. The second-order valence-corrected chi connectivity index (χ2v) is 4.00. The maximum absolute atomic E-state index is 11.8. The van der Waals surface area contributed by atoms with Crippen molar-refractivity contribution in [1.82, 2.24) is 10.3 Å². The third-order valence-corrected chi connectivity index (χ3v) is 2.48. The first-order valence-corrected chi connectivity index (χ1v) is 5.65. The molecule has 18 heavy (non-hydrogen) atoms. The van der Waals surface area contributed by atoms with E-state index in [1.807, 2.05) is 25.1 Å². The summed E-state index contributed by atoms with van der Waals surface area (Å²) in [5, 5.41) is 12.0. The maximum Gasteiger partial charge on any atom is 0.251 e. The van der Waals surface area contributed by atoms with Gasteiger partial charge in [-0.05, 0) is 37.3 Å². The van der Waals surface area contributed by atoms with Gasteiger partial charge in [0.15, 0.2) is 0 Å². The largest absolute Gasteiger partial charge is 0.508 e. The van der Waals surface area contributed by atoms with E-state index >= 15 is 0 Å². The molecule has 1 heterocycles. The standard InChI is InChI=1S/C14H14N2O2/c1-10-4-2-6-12(16-10)9-15-14(18)11-5-3-7-13(17)8-11/h2-8,17H,9H2,1H3,(H,15,18). The zero-order valence-corrected chi connectivity index (χ0v) is 10.1. The lowest BCUT2D eigenvalue weighted by Crippen LogP contribution is -2.23. The number of benzene rings is 1. The van der Waals surface area contributed by atoms with Gasteiger partial charge in [-0.25, -0.2) is 0 Å². The average molecular weight is 242 g/mol. The quantitative estimate of drug-likeness (QED) is 0.865. The summed E-state index contributed by atoms with van der Waals surface area (Å²) in [6.07, 6.45) is 0. The highest BCUT2D eigenvalue weighted by Crippen LogP contribution is 2.10. The van der Waals surface area contributed by atoms with Crippen molar-refractivity contribution in [2.75, 3.05) is 0 Å². The molecule has 2 rings (SSSR count). The molecule has 92 valence electrons. The van der Waals surface area contributed by atoms with E-state index in [0.29, 0.717) is 12.1 Å². The number of phenols is 1. The second-order valence-electron chi connectivity index (χ2n) is 4.00. The van der Waals surface area contributed by atoms with E-state index in [0.717, 1.165) is 11.4 Å². The highest BCUT2D eigenvalue weighted by atomic mass is 16.3. The normalized spacial score (nSPS) is 10.1. The fourth-order valence-corrected chi connectivity index (χ4v) is 1.62. The van der Waals surface area contributed by atoms with E-state index in [2.05, 4.69) is 10.3 Å². The van der Waals surface area contributed by atoms with E-state index < -0.39 is 0 Å². The first-order valence-electron chi connectivity index (χ1n) is 5.65. The Kier molecular flexibility index (Phi) is 3.57. The second kappa shape index (κ2) is 5.31. The summed E-state index contributed by atoms with van der Waals surface area (Å²) in [7, 11) is 0. The van der Waals surface area contributed by atoms with E-state index in [1.54, 1.807) is 12.1 Å². The molecule has 0 unspecified atom stereocenters. The fraction of sp³-hybridized carbons (Fsp3) is 0.143. The summed E-state index contributed by atoms with van der Waals surface area (Å²) >= 11 is 0. The molecule has 0 bridgehead atoms. The summed E-state index contributed by atoms with van der Waals surface area (Å²) in [5.74, 6) is -0.148. The van der Waals surface area contributed by atoms with Gasteiger partial charge in [-0.1, -0.05) is 12.1 Å². The van der Waals surface area contributed by atoms with Crippen LogP contribution in [0, 0.1) is 6.92 Å². The Morgan fingerprint density at radius 2 is 2.06 bits per heavy atom. The van der Waals surface area contributed by atoms with Crippen molar-refractivity contribution in [1.29, 1.82) is 0 Å². The van der Waals surface area contributed by atoms with Crippen LogP contribution >= 0.6 is 0 Å². The van der Waals surface area contributed by atoms with Gasteiger partial charge in [-0.3, -0.25) is 9.78 Å². The summed E-state index contributed by atoms with van der Waals surface area (Å²) in [6.45, 7) is 2.27. The Morgan fingerprint density at radius 1 is 1.28 bits per heavy atom. The maximum atomic E-state index is 11.8. The predicted octanol–water partition coefficient (Wildman–Crippen LogP) is 2.03. The molecule has 0 spiro atoms. The molecule has 0 atom stereocenters. The van der Waals surface area contributed by atoms with Crippen LogP contribution in [0.2, 0.25) is 0 Å². The van der Waals surface area contributed by atoms with Crippen LogP contribution in [0.5, 0.6) is 5.75 Å². The van der Waals surface area contributed by atoms with Gasteiger partial charge in [0.2, 0.25) is 0 Å². The van der Waals surface area contributed by atoms with Crippen molar-refractivity contribution in [2.45, 2.75) is 13.5 Å². The monoisotopic (exact) mass is 242 g/mol. The topological polar surface area (TPSA) is 62.2 Å². The number of aryl methyl sites for hydroxylation is 1. The van der Waals surface area contributed by atoms with Crippen LogP contribution in [-0.4, -0.2) is 16.0 Å². The number of nitrogens with zero attached hydrogens (tertiary/aromatic N) is 1. The van der Waals surface area contributed by atoms with Gasteiger partial charge in [0.25, 0.3) is 5.91 Å². The molecule has 4 nitrogen and oxygen atoms in total. The lowest BCUT2D eigenvalue weighted by molar-refractivity contribution is 0.0950. The van der Waals surface area contributed by atoms with E-state index in [9.17, 15) is 9.90 Å². The smallest absolute Gasteiger partial charge is 0.251 e. The highest BCUT2D eigenvalue weighted by molar-refractivity contribution is 5.94. The summed E-state index contributed by atoms with van der Waals surface area (Å²) < 4.78 is 0. The first-order chi connectivity index (χ1) is 8.65. The minimum absolute atomic E-state index is 0.0799. The van der Waals surface area contributed by atoms with Gasteiger partial charge in [0.1, 0.15) is 5.75 Å². The third kappa shape index (κ3) is 3.07. The van der Waals surface area contributed by atoms with Crippen molar-refractivity contribution in [3.8, 4) is 5.75 Å². The molecule has 0 saturated carbocycles. The van der Waals surface area contributed by atoms with Crippen molar-refractivity contribution in [2.24, 2.45) is 0 Å². The number of amides is 1. The number of carbonyl (C=O) groups is 1. The average Bonchev–Trinajstić information content (AvgIpc) is 2.36. The molecule has 2 N–H and O–H groups in total. The Labute approximate surface area is 105 Å². The van der Waals surface area contributed by atoms with Crippen LogP contribution in [0.3, 0.4) is 0 Å². The van der Waals surface area contributed by atoms with Gasteiger partial charge in [-0.15, -0.1) is 0 Å². The lowest BCUT2D eigenvalue weighted by Gasteiger charge is -2.05. The molecular weight excluding hydrogens is 228 g/mol. The van der Waals surface area contributed by atoms with Gasteiger partial charge in [-0.2, -0.15) is 0 Å². The molecule has 1 aromatic carbocycles. The van der Waals surface area contributed by atoms with Crippen LogP contribution in [0.25, 0.3) is 0 Å². The van der Waals surface area contributed by atoms with E-state index in [1.165, 1.54) is 12.1 Å². The highest BCUT2D eigenvalue weighted by Gasteiger charge is 2.06. The Bertz CT molecular complexity index is 567. The van der Waals surface area contributed by atoms with E-state index in [-0.39, 0.29) is 11.7 Å². The molecule has 1 amide bonds. The zero-order valence-electron chi connectivity index (χ0n) is 10.1. The minimum Gasteiger partial charge on any atom is -0.508 e. The minimum atomic E-state index is -0.228. The van der Waals surface area contributed by atoms with Crippen LogP contribution in [0.1, 0.15) is 21.7 Å².